The molecule has 0 aromatic carbocycles. The molecule has 0 aromatic heterocycles. The first-order chi connectivity index (χ1) is 4.43. The molecular formula is C8H12KN. The zero-order valence-electron chi connectivity index (χ0n) is 6.64. The smallest absolute Gasteiger partial charge is 0.498 e. The van der Waals surface area contributed by atoms with Gasteiger partial charge in [-0.2, -0.15) is 6.42 Å². The van der Waals surface area contributed by atoms with Crippen LogP contribution in [0, 0.1) is 6.08 Å². The molecule has 0 atom stereocenters. The molecule has 0 saturated heterocycles. The van der Waals surface area contributed by atoms with Crippen molar-refractivity contribution in [3.05, 3.63) is 24.8 Å². The quantitative estimate of drug-likeness (QED) is 0.263. The van der Waals surface area contributed by atoms with E-state index in [0.29, 0.717) is 0 Å². The van der Waals surface area contributed by atoms with Gasteiger partial charge in [0.25, 0.3) is 0 Å². The third kappa shape index (κ3) is 4.06. The molecule has 1 aliphatic heterocycles. The maximum Gasteiger partial charge on any atom is 1.00 e. The minimum atomic E-state index is 0. The van der Waals surface area contributed by atoms with Gasteiger partial charge in [-0.1, -0.05) is 6.08 Å². The molecule has 0 aliphatic carbocycles. The third-order valence-electron chi connectivity index (χ3n) is 1.45. The molecule has 0 saturated carbocycles. The summed E-state index contributed by atoms with van der Waals surface area (Å²) in [6.07, 6.45) is 8.28. The Bertz CT molecular complexity index is 120. The van der Waals surface area contributed by atoms with Crippen molar-refractivity contribution >= 4 is 0 Å². The van der Waals surface area contributed by atoms with E-state index < -0.39 is 0 Å². The molecule has 0 unspecified atom stereocenters. The van der Waals surface area contributed by atoms with Crippen molar-refractivity contribution in [3.8, 4) is 0 Å². The number of rotatable bonds is 2. The van der Waals surface area contributed by atoms with Crippen LogP contribution in [0.1, 0.15) is 6.42 Å². The molecule has 1 rings (SSSR count). The van der Waals surface area contributed by atoms with Crippen molar-refractivity contribution in [1.29, 1.82) is 0 Å². The van der Waals surface area contributed by atoms with E-state index in [-0.39, 0.29) is 51.4 Å². The summed E-state index contributed by atoms with van der Waals surface area (Å²) in [6.45, 7) is 6.88. The Balaban J connectivity index is 0.000000810. The molecule has 0 aromatic rings. The molecule has 50 valence electrons. The summed E-state index contributed by atoms with van der Waals surface area (Å²) in [5.74, 6) is 0. The van der Waals surface area contributed by atoms with E-state index in [1.54, 1.807) is 0 Å². The minimum absolute atomic E-state index is 0. The van der Waals surface area contributed by atoms with Crippen LogP contribution in [0.15, 0.2) is 18.7 Å². The van der Waals surface area contributed by atoms with E-state index in [9.17, 15) is 0 Å². The maximum absolute atomic E-state index is 3.68. The number of nitrogens with zero attached hydrogens (tertiary/aromatic N) is 1. The second kappa shape index (κ2) is 6.77. The van der Waals surface area contributed by atoms with Crippen LogP contribution in [0.25, 0.3) is 0 Å². The van der Waals surface area contributed by atoms with Crippen molar-refractivity contribution in [1.82, 2.24) is 4.90 Å². The molecule has 1 heterocycles. The standard InChI is InChI=1S/C8H12N.K/c1-2-6-9-7-4-3-5-8-9;/h2,4H,1,5-8H2;/q-1;+1. The van der Waals surface area contributed by atoms with Crippen molar-refractivity contribution in [2.45, 2.75) is 6.42 Å². The largest absolute Gasteiger partial charge is 1.00 e. The molecule has 0 bridgehead atoms. The first-order valence-electron chi connectivity index (χ1n) is 3.32. The van der Waals surface area contributed by atoms with Gasteiger partial charge in [-0.25, -0.2) is 0 Å². The third-order valence-corrected chi connectivity index (χ3v) is 1.45. The summed E-state index contributed by atoms with van der Waals surface area (Å²) >= 11 is 0. The Hall–Kier alpha value is 1.08. The van der Waals surface area contributed by atoms with Gasteiger partial charge in [-0.3, -0.25) is 6.08 Å². The van der Waals surface area contributed by atoms with Crippen LogP contribution in [0.4, 0.5) is 0 Å². The van der Waals surface area contributed by atoms with Gasteiger partial charge in [-0.15, -0.1) is 6.58 Å². The van der Waals surface area contributed by atoms with Gasteiger partial charge in [0, 0.05) is 6.54 Å². The Kier molecular flexibility index (Phi) is 7.49. The van der Waals surface area contributed by atoms with Gasteiger partial charge in [0.2, 0.25) is 0 Å². The molecule has 0 amide bonds. The van der Waals surface area contributed by atoms with Gasteiger partial charge >= 0.3 is 51.4 Å². The van der Waals surface area contributed by atoms with Gasteiger partial charge in [-0.05, 0) is 13.1 Å². The van der Waals surface area contributed by atoms with Crippen molar-refractivity contribution in [3.63, 3.8) is 0 Å². The van der Waals surface area contributed by atoms with Crippen LogP contribution < -0.4 is 51.4 Å². The molecule has 2 heteroatoms. The molecule has 0 spiro atoms. The minimum Gasteiger partial charge on any atom is -0.498 e. The van der Waals surface area contributed by atoms with Crippen LogP contribution >= 0.6 is 0 Å². The summed E-state index contributed by atoms with van der Waals surface area (Å²) in [7, 11) is 0. The molecule has 1 nitrogen and oxygen atoms in total. The summed E-state index contributed by atoms with van der Waals surface area (Å²) in [5.41, 5.74) is 0. The zero-order chi connectivity index (χ0) is 6.53. The molecule has 1 aliphatic rings. The molecule has 0 fully saturated rings. The van der Waals surface area contributed by atoms with E-state index in [4.69, 9.17) is 0 Å². The second-order valence-corrected chi connectivity index (χ2v) is 2.21. The van der Waals surface area contributed by atoms with E-state index in [1.165, 1.54) is 0 Å². The Morgan fingerprint density at radius 1 is 1.70 bits per heavy atom. The SMILES string of the molecule is C=CCN1CC=[C-]CC1.[K+]. The normalized spacial score (nSPS) is 18.0. The van der Waals surface area contributed by atoms with E-state index in [2.05, 4.69) is 23.6 Å². The number of hydrogen-bond donors (Lipinski definition) is 0. The van der Waals surface area contributed by atoms with Crippen molar-refractivity contribution < 1.29 is 51.4 Å². The van der Waals surface area contributed by atoms with Crippen LogP contribution in [0.2, 0.25) is 0 Å². The summed E-state index contributed by atoms with van der Waals surface area (Å²) in [5, 5.41) is 0. The fourth-order valence-corrected chi connectivity index (χ4v) is 0.958. The van der Waals surface area contributed by atoms with Gasteiger partial charge in [0.1, 0.15) is 0 Å². The summed E-state index contributed by atoms with van der Waals surface area (Å²) in [6, 6.07) is 0. The first kappa shape index (κ1) is 11.1. The Morgan fingerprint density at radius 3 is 3.00 bits per heavy atom. The fourth-order valence-electron chi connectivity index (χ4n) is 0.958. The topological polar surface area (TPSA) is 3.24 Å². The van der Waals surface area contributed by atoms with Crippen molar-refractivity contribution in [2.75, 3.05) is 19.6 Å². The van der Waals surface area contributed by atoms with E-state index >= 15 is 0 Å². The molecular weight excluding hydrogens is 149 g/mol. The summed E-state index contributed by atoms with van der Waals surface area (Å²) in [4.78, 5) is 2.34. The summed E-state index contributed by atoms with van der Waals surface area (Å²) < 4.78 is 0. The molecule has 0 radical (unpaired) electrons. The van der Waals surface area contributed by atoms with E-state index in [1.807, 2.05) is 6.08 Å². The monoisotopic (exact) mass is 161 g/mol. The van der Waals surface area contributed by atoms with Crippen LogP contribution in [-0.4, -0.2) is 24.5 Å². The first-order valence-corrected chi connectivity index (χ1v) is 3.32. The maximum atomic E-state index is 3.68. The van der Waals surface area contributed by atoms with Gasteiger partial charge in [0.05, 0.1) is 0 Å². The van der Waals surface area contributed by atoms with E-state index in [0.717, 1.165) is 26.1 Å². The van der Waals surface area contributed by atoms with Gasteiger partial charge < -0.3 is 11.0 Å². The average Bonchev–Trinajstić information content (AvgIpc) is 1.91. The number of hydrogen-bond acceptors (Lipinski definition) is 1. The van der Waals surface area contributed by atoms with Crippen LogP contribution in [0.3, 0.4) is 0 Å². The van der Waals surface area contributed by atoms with Crippen molar-refractivity contribution in [2.24, 2.45) is 0 Å². The average molecular weight is 161 g/mol. The predicted molar refractivity (Wildman–Crippen MR) is 39.1 cm³/mol. The second-order valence-electron chi connectivity index (χ2n) is 2.21. The van der Waals surface area contributed by atoms with Crippen LogP contribution in [0.5, 0.6) is 0 Å². The zero-order valence-corrected chi connectivity index (χ0v) is 9.76. The predicted octanol–water partition coefficient (Wildman–Crippen LogP) is -1.76. The van der Waals surface area contributed by atoms with Crippen LogP contribution in [-0.2, 0) is 0 Å². The van der Waals surface area contributed by atoms with Gasteiger partial charge in [0.15, 0.2) is 0 Å². The fraction of sp³-hybridized carbons (Fsp3) is 0.500. The molecule has 10 heavy (non-hydrogen) atoms. The molecule has 0 N–H and O–H groups in total. The Labute approximate surface area is 106 Å². The Morgan fingerprint density at radius 2 is 2.50 bits per heavy atom.